The monoisotopic (exact) mass is 174 g/mol. The van der Waals surface area contributed by atoms with Gasteiger partial charge in [0.2, 0.25) is 0 Å². The van der Waals surface area contributed by atoms with E-state index in [1.807, 2.05) is 6.92 Å². The highest BCUT2D eigenvalue weighted by Gasteiger charge is 2.23. The van der Waals surface area contributed by atoms with Gasteiger partial charge in [-0.05, 0) is 6.42 Å². The molecule has 0 aromatic carbocycles. The van der Waals surface area contributed by atoms with Gasteiger partial charge in [-0.15, -0.1) is 0 Å². The van der Waals surface area contributed by atoms with Crippen molar-refractivity contribution in [2.75, 3.05) is 14.1 Å². The zero-order valence-electron chi connectivity index (χ0n) is 7.95. The summed E-state index contributed by atoms with van der Waals surface area (Å²) in [7, 11) is 3.20. The van der Waals surface area contributed by atoms with Crippen LogP contribution in [0.2, 0.25) is 0 Å². The van der Waals surface area contributed by atoms with Crippen molar-refractivity contribution in [2.45, 2.75) is 31.9 Å². The molecule has 0 aliphatic heterocycles. The highest BCUT2D eigenvalue weighted by molar-refractivity contribution is 5.80. The van der Waals surface area contributed by atoms with Gasteiger partial charge in [-0.2, -0.15) is 0 Å². The Morgan fingerprint density at radius 2 is 2.08 bits per heavy atom. The first kappa shape index (κ1) is 11.4. The largest absolute Gasteiger partial charge is 0.382 e. The zero-order valence-corrected chi connectivity index (χ0v) is 7.95. The fraction of sp³-hybridized carbons (Fsp3) is 0.875. The summed E-state index contributed by atoms with van der Waals surface area (Å²) in [6.45, 7) is 1.96. The Morgan fingerprint density at radius 1 is 1.58 bits per heavy atom. The first-order valence-corrected chi connectivity index (χ1v) is 4.15. The number of likely N-dealkylation sites (N-methyl/N-ethyl adjacent to an activating group) is 1. The molecule has 2 atom stereocenters. The summed E-state index contributed by atoms with van der Waals surface area (Å²) in [6, 6.07) is -0.440. The Balaban J connectivity index is 4.00. The molecule has 4 heteroatoms. The normalized spacial score (nSPS) is 15.4. The van der Waals surface area contributed by atoms with Gasteiger partial charge in [0.05, 0.1) is 0 Å². The third-order valence-electron chi connectivity index (χ3n) is 1.72. The molecule has 0 spiro atoms. The molecule has 72 valence electrons. The van der Waals surface area contributed by atoms with E-state index in [1.54, 1.807) is 14.1 Å². The Morgan fingerprint density at radius 3 is 2.42 bits per heavy atom. The van der Waals surface area contributed by atoms with E-state index in [1.165, 1.54) is 4.90 Å². The van der Waals surface area contributed by atoms with Crippen LogP contribution >= 0.6 is 0 Å². The number of hydrogen-bond donors (Lipinski definition) is 2. The zero-order chi connectivity index (χ0) is 9.72. The molecule has 0 saturated carbocycles. The Hall–Kier alpha value is -0.610. The molecule has 0 heterocycles. The third kappa shape index (κ3) is 3.19. The average molecular weight is 174 g/mol. The van der Waals surface area contributed by atoms with Crippen LogP contribution in [-0.4, -0.2) is 42.2 Å². The Labute approximate surface area is 73.3 Å². The summed E-state index contributed by atoms with van der Waals surface area (Å²) in [5.74, 6) is -0.323. The standard InChI is InChI=1S/C8H18N2O2/c1-4-5-6(9)7(11)8(12)10(2)3/h6-7,11H,4-5,9H2,1-3H3. The quantitative estimate of drug-likeness (QED) is 0.607. The van der Waals surface area contributed by atoms with E-state index >= 15 is 0 Å². The molecule has 0 rings (SSSR count). The summed E-state index contributed by atoms with van der Waals surface area (Å²) in [4.78, 5) is 12.5. The lowest BCUT2D eigenvalue weighted by Gasteiger charge is -2.20. The van der Waals surface area contributed by atoms with Gasteiger partial charge in [0.25, 0.3) is 5.91 Å². The van der Waals surface area contributed by atoms with Gasteiger partial charge in [0, 0.05) is 20.1 Å². The minimum atomic E-state index is -1.06. The maximum atomic E-state index is 11.2. The van der Waals surface area contributed by atoms with Crippen LogP contribution in [0.5, 0.6) is 0 Å². The SMILES string of the molecule is CCCC(N)C(O)C(=O)N(C)C. The molecule has 0 aromatic rings. The minimum absolute atomic E-state index is 0.323. The summed E-state index contributed by atoms with van der Waals surface area (Å²) >= 11 is 0. The number of hydrogen-bond acceptors (Lipinski definition) is 3. The van der Waals surface area contributed by atoms with Gasteiger partial charge >= 0.3 is 0 Å². The molecular formula is C8H18N2O2. The topological polar surface area (TPSA) is 66.6 Å². The van der Waals surface area contributed by atoms with Gasteiger partial charge < -0.3 is 15.7 Å². The highest BCUT2D eigenvalue weighted by Crippen LogP contribution is 2.01. The van der Waals surface area contributed by atoms with E-state index in [2.05, 4.69) is 0 Å². The number of aliphatic hydroxyl groups excluding tert-OH is 1. The van der Waals surface area contributed by atoms with Crippen molar-refractivity contribution in [1.29, 1.82) is 0 Å². The second-order valence-corrected chi connectivity index (χ2v) is 3.13. The van der Waals surface area contributed by atoms with Crippen LogP contribution in [0, 0.1) is 0 Å². The molecule has 0 aromatic heterocycles. The average Bonchev–Trinajstić information content (AvgIpc) is 2.02. The molecule has 3 N–H and O–H groups in total. The first-order valence-electron chi connectivity index (χ1n) is 4.15. The Kier molecular flexibility index (Phi) is 4.85. The maximum absolute atomic E-state index is 11.2. The van der Waals surface area contributed by atoms with E-state index < -0.39 is 12.1 Å². The van der Waals surface area contributed by atoms with Crippen LogP contribution < -0.4 is 5.73 Å². The molecule has 2 unspecified atom stereocenters. The van der Waals surface area contributed by atoms with Crippen molar-refractivity contribution in [3.63, 3.8) is 0 Å². The highest BCUT2D eigenvalue weighted by atomic mass is 16.3. The van der Waals surface area contributed by atoms with Crippen LogP contribution in [-0.2, 0) is 4.79 Å². The number of carbonyl (C=O) groups excluding carboxylic acids is 1. The van der Waals surface area contributed by atoms with Crippen LogP contribution in [0.15, 0.2) is 0 Å². The van der Waals surface area contributed by atoms with Crippen molar-refractivity contribution in [2.24, 2.45) is 5.73 Å². The molecule has 1 amide bonds. The second kappa shape index (κ2) is 5.11. The molecular weight excluding hydrogens is 156 g/mol. The van der Waals surface area contributed by atoms with Crippen LogP contribution in [0.25, 0.3) is 0 Å². The van der Waals surface area contributed by atoms with E-state index in [0.717, 1.165) is 6.42 Å². The predicted octanol–water partition coefficient (Wildman–Crippen LogP) is -0.437. The molecule has 0 fully saturated rings. The lowest BCUT2D eigenvalue weighted by Crippen LogP contribution is -2.45. The molecule has 0 aliphatic carbocycles. The summed E-state index contributed by atoms with van der Waals surface area (Å²) in [5.41, 5.74) is 5.57. The van der Waals surface area contributed by atoms with Gasteiger partial charge in [-0.1, -0.05) is 13.3 Å². The van der Waals surface area contributed by atoms with E-state index in [4.69, 9.17) is 5.73 Å². The molecule has 4 nitrogen and oxygen atoms in total. The fourth-order valence-electron chi connectivity index (χ4n) is 0.939. The molecule has 12 heavy (non-hydrogen) atoms. The van der Waals surface area contributed by atoms with E-state index in [0.29, 0.717) is 6.42 Å². The van der Waals surface area contributed by atoms with Gasteiger partial charge in [-0.25, -0.2) is 0 Å². The number of nitrogens with two attached hydrogens (primary N) is 1. The third-order valence-corrected chi connectivity index (χ3v) is 1.72. The summed E-state index contributed by atoms with van der Waals surface area (Å²) in [5, 5.41) is 9.37. The van der Waals surface area contributed by atoms with E-state index in [9.17, 15) is 9.90 Å². The maximum Gasteiger partial charge on any atom is 0.252 e. The van der Waals surface area contributed by atoms with Crippen LogP contribution in [0.3, 0.4) is 0 Å². The number of amides is 1. The first-order chi connectivity index (χ1) is 5.50. The summed E-state index contributed by atoms with van der Waals surface area (Å²) in [6.07, 6.45) is 0.486. The number of nitrogens with zero attached hydrogens (tertiary/aromatic N) is 1. The van der Waals surface area contributed by atoms with Gasteiger partial charge in [-0.3, -0.25) is 4.79 Å². The number of aliphatic hydroxyl groups is 1. The van der Waals surface area contributed by atoms with E-state index in [-0.39, 0.29) is 5.91 Å². The predicted molar refractivity (Wildman–Crippen MR) is 47.6 cm³/mol. The second-order valence-electron chi connectivity index (χ2n) is 3.13. The lowest BCUT2D eigenvalue weighted by atomic mass is 10.1. The van der Waals surface area contributed by atoms with Crippen molar-refractivity contribution in [3.8, 4) is 0 Å². The molecule has 0 bridgehead atoms. The lowest BCUT2D eigenvalue weighted by molar-refractivity contribution is -0.138. The molecule has 0 saturated heterocycles. The van der Waals surface area contributed by atoms with Crippen LogP contribution in [0.1, 0.15) is 19.8 Å². The van der Waals surface area contributed by atoms with Crippen molar-refractivity contribution < 1.29 is 9.90 Å². The Bertz CT molecular complexity index is 148. The van der Waals surface area contributed by atoms with Crippen LogP contribution in [0.4, 0.5) is 0 Å². The summed E-state index contributed by atoms with van der Waals surface area (Å²) < 4.78 is 0. The van der Waals surface area contributed by atoms with Crippen molar-refractivity contribution >= 4 is 5.91 Å². The van der Waals surface area contributed by atoms with Gasteiger partial charge in [0.15, 0.2) is 0 Å². The smallest absolute Gasteiger partial charge is 0.252 e. The molecule has 0 radical (unpaired) electrons. The van der Waals surface area contributed by atoms with Crippen molar-refractivity contribution in [1.82, 2.24) is 4.90 Å². The van der Waals surface area contributed by atoms with Crippen molar-refractivity contribution in [3.05, 3.63) is 0 Å². The fourth-order valence-corrected chi connectivity index (χ4v) is 0.939. The number of rotatable bonds is 4. The van der Waals surface area contributed by atoms with Gasteiger partial charge in [0.1, 0.15) is 6.10 Å². The minimum Gasteiger partial charge on any atom is -0.382 e. The molecule has 0 aliphatic rings. The number of carbonyl (C=O) groups is 1.